The lowest BCUT2D eigenvalue weighted by molar-refractivity contribution is -0.121. The van der Waals surface area contributed by atoms with Crippen LogP contribution in [0.15, 0.2) is 16.3 Å². The van der Waals surface area contributed by atoms with Crippen LogP contribution in [0.3, 0.4) is 0 Å². The third-order valence-electron chi connectivity index (χ3n) is 3.22. The molecule has 1 fully saturated rings. The van der Waals surface area contributed by atoms with E-state index in [-0.39, 0.29) is 28.6 Å². The molecule has 1 saturated heterocycles. The minimum Gasteiger partial charge on any atom is -0.351 e. The second-order valence-electron chi connectivity index (χ2n) is 4.70. The highest BCUT2D eigenvalue weighted by Crippen LogP contribution is 2.21. The molecule has 1 unspecified atom stereocenters. The van der Waals surface area contributed by atoms with Crippen LogP contribution in [0, 0.1) is 0 Å². The Morgan fingerprint density at radius 2 is 2.24 bits per heavy atom. The summed E-state index contributed by atoms with van der Waals surface area (Å²) in [6, 6.07) is 3.55. The molecule has 0 bridgehead atoms. The van der Waals surface area contributed by atoms with Gasteiger partial charge >= 0.3 is 0 Å². The first-order valence-corrected chi connectivity index (χ1v) is 8.83. The van der Waals surface area contributed by atoms with E-state index in [0.29, 0.717) is 13.0 Å². The Morgan fingerprint density at radius 3 is 2.86 bits per heavy atom. The molecule has 9 heteroatoms. The van der Waals surface area contributed by atoms with E-state index in [1.54, 1.807) is 12.1 Å². The molecular formula is C12H20ClN3O3S2. The molecule has 1 atom stereocenters. The number of hydrogen-bond donors (Lipinski definition) is 3. The molecule has 1 aromatic heterocycles. The summed E-state index contributed by atoms with van der Waals surface area (Å²) in [4.78, 5) is 12.6. The first-order chi connectivity index (χ1) is 9.51. The van der Waals surface area contributed by atoms with Gasteiger partial charge in [0.15, 0.2) is 0 Å². The first-order valence-electron chi connectivity index (χ1n) is 6.53. The van der Waals surface area contributed by atoms with E-state index in [4.69, 9.17) is 0 Å². The summed E-state index contributed by atoms with van der Waals surface area (Å²) in [5.74, 6) is -0.00387. The van der Waals surface area contributed by atoms with Crippen molar-refractivity contribution in [3.8, 4) is 0 Å². The van der Waals surface area contributed by atoms with E-state index in [9.17, 15) is 13.2 Å². The van der Waals surface area contributed by atoms with Crippen molar-refractivity contribution in [2.75, 3.05) is 13.6 Å². The zero-order valence-corrected chi connectivity index (χ0v) is 14.2. The van der Waals surface area contributed by atoms with E-state index in [2.05, 4.69) is 15.4 Å². The van der Waals surface area contributed by atoms with Crippen LogP contribution < -0.4 is 15.4 Å². The molecule has 120 valence electrons. The number of rotatable bonds is 6. The highest BCUT2D eigenvalue weighted by Gasteiger charge is 2.18. The van der Waals surface area contributed by atoms with Crippen LogP contribution >= 0.6 is 23.7 Å². The van der Waals surface area contributed by atoms with Gasteiger partial charge in [-0.3, -0.25) is 4.79 Å². The number of nitrogens with one attached hydrogen (secondary N) is 3. The Bertz CT molecular complexity index is 568. The third-order valence-corrected chi connectivity index (χ3v) is 6.22. The van der Waals surface area contributed by atoms with E-state index < -0.39 is 10.0 Å². The van der Waals surface area contributed by atoms with Gasteiger partial charge in [-0.25, -0.2) is 13.1 Å². The van der Waals surface area contributed by atoms with Crippen LogP contribution in [0.2, 0.25) is 0 Å². The van der Waals surface area contributed by atoms with Gasteiger partial charge in [-0.1, -0.05) is 0 Å². The maximum absolute atomic E-state index is 11.8. The summed E-state index contributed by atoms with van der Waals surface area (Å²) in [5.41, 5.74) is 0. The number of thiophene rings is 1. The molecule has 1 amide bonds. The fourth-order valence-electron chi connectivity index (χ4n) is 2.11. The first kappa shape index (κ1) is 18.4. The van der Waals surface area contributed by atoms with Crippen LogP contribution in [0.25, 0.3) is 0 Å². The normalized spacial score (nSPS) is 18.2. The number of sulfonamides is 1. The van der Waals surface area contributed by atoms with Gasteiger partial charge in [0.05, 0.1) is 6.54 Å². The Hall–Kier alpha value is -0.670. The Kier molecular flexibility index (Phi) is 7.08. The van der Waals surface area contributed by atoms with Gasteiger partial charge in [-0.2, -0.15) is 0 Å². The summed E-state index contributed by atoms with van der Waals surface area (Å²) in [6.45, 7) is 1.35. The van der Waals surface area contributed by atoms with Crippen molar-refractivity contribution in [2.24, 2.45) is 0 Å². The Morgan fingerprint density at radius 1 is 1.48 bits per heavy atom. The van der Waals surface area contributed by atoms with Crippen molar-refractivity contribution in [2.45, 2.75) is 36.1 Å². The van der Waals surface area contributed by atoms with Gasteiger partial charge in [-0.05, 0) is 38.6 Å². The molecule has 21 heavy (non-hydrogen) atoms. The smallest absolute Gasteiger partial charge is 0.249 e. The summed E-state index contributed by atoms with van der Waals surface area (Å²) in [7, 11) is -2.01. The van der Waals surface area contributed by atoms with Crippen LogP contribution in [0.4, 0.5) is 0 Å². The largest absolute Gasteiger partial charge is 0.351 e. The quantitative estimate of drug-likeness (QED) is 0.707. The van der Waals surface area contributed by atoms with Crippen molar-refractivity contribution >= 4 is 39.7 Å². The van der Waals surface area contributed by atoms with Crippen LogP contribution in [0.5, 0.6) is 0 Å². The molecule has 0 radical (unpaired) electrons. The van der Waals surface area contributed by atoms with E-state index >= 15 is 0 Å². The topological polar surface area (TPSA) is 87.3 Å². The van der Waals surface area contributed by atoms with Gasteiger partial charge in [0, 0.05) is 17.3 Å². The molecule has 0 aliphatic carbocycles. The maximum Gasteiger partial charge on any atom is 0.249 e. The van der Waals surface area contributed by atoms with Gasteiger partial charge in [0.1, 0.15) is 4.21 Å². The number of amides is 1. The van der Waals surface area contributed by atoms with Crippen molar-refractivity contribution in [3.63, 3.8) is 0 Å². The standard InChI is InChI=1S/C12H19N3O3S2.ClH/c1-13-20(17,18)12-5-4-10(19-12)8-15-11(16)7-9-3-2-6-14-9;/h4-5,9,13-14H,2-3,6-8H2,1H3,(H,15,16);1H. The second kappa shape index (κ2) is 8.09. The van der Waals surface area contributed by atoms with Gasteiger partial charge in [0.2, 0.25) is 15.9 Å². The molecule has 2 rings (SSSR count). The number of halogens is 1. The number of hydrogen-bond acceptors (Lipinski definition) is 5. The lowest BCUT2D eigenvalue weighted by Gasteiger charge is -2.09. The summed E-state index contributed by atoms with van der Waals surface area (Å²) in [6.07, 6.45) is 2.64. The zero-order valence-electron chi connectivity index (χ0n) is 11.7. The maximum atomic E-state index is 11.8. The molecule has 0 saturated carbocycles. The van der Waals surface area contributed by atoms with Crippen molar-refractivity contribution < 1.29 is 13.2 Å². The van der Waals surface area contributed by atoms with Crippen molar-refractivity contribution in [1.29, 1.82) is 0 Å². The lowest BCUT2D eigenvalue weighted by Crippen LogP contribution is -2.31. The molecule has 3 N–H and O–H groups in total. The minimum absolute atomic E-state index is 0. The molecule has 1 aliphatic rings. The van der Waals surface area contributed by atoms with Crippen LogP contribution in [0.1, 0.15) is 24.1 Å². The molecule has 1 aliphatic heterocycles. The number of carbonyl (C=O) groups excluding carboxylic acids is 1. The van der Waals surface area contributed by atoms with Gasteiger partial charge in [-0.15, -0.1) is 23.7 Å². The van der Waals surface area contributed by atoms with E-state index in [1.807, 2.05) is 0 Å². The summed E-state index contributed by atoms with van der Waals surface area (Å²) >= 11 is 1.17. The summed E-state index contributed by atoms with van der Waals surface area (Å²) in [5, 5.41) is 6.10. The zero-order chi connectivity index (χ0) is 14.6. The fraction of sp³-hybridized carbons (Fsp3) is 0.583. The Balaban J connectivity index is 0.00000220. The second-order valence-corrected chi connectivity index (χ2v) is 7.98. The van der Waals surface area contributed by atoms with Crippen molar-refractivity contribution in [1.82, 2.24) is 15.4 Å². The highest BCUT2D eigenvalue weighted by molar-refractivity contribution is 7.91. The average Bonchev–Trinajstić information content (AvgIpc) is 3.07. The fourth-order valence-corrected chi connectivity index (χ4v) is 4.24. The van der Waals surface area contributed by atoms with Crippen molar-refractivity contribution in [3.05, 3.63) is 17.0 Å². The summed E-state index contributed by atoms with van der Waals surface area (Å²) < 4.78 is 25.7. The SMILES string of the molecule is CNS(=O)(=O)c1ccc(CNC(=O)CC2CCCN2)s1.Cl. The minimum atomic E-state index is -3.39. The monoisotopic (exact) mass is 353 g/mol. The van der Waals surface area contributed by atoms with E-state index in [0.717, 1.165) is 24.3 Å². The highest BCUT2D eigenvalue weighted by atomic mass is 35.5. The Labute approximate surface area is 135 Å². The molecule has 2 heterocycles. The van der Waals surface area contributed by atoms with Crippen LogP contribution in [-0.2, 0) is 21.4 Å². The molecule has 6 nitrogen and oxygen atoms in total. The molecular weight excluding hydrogens is 334 g/mol. The number of carbonyl (C=O) groups is 1. The third kappa shape index (κ3) is 5.23. The van der Waals surface area contributed by atoms with E-state index in [1.165, 1.54) is 18.4 Å². The van der Waals surface area contributed by atoms with Crippen LogP contribution in [-0.4, -0.2) is 34.0 Å². The average molecular weight is 354 g/mol. The molecule has 0 aromatic carbocycles. The van der Waals surface area contributed by atoms with Gasteiger partial charge in [0.25, 0.3) is 0 Å². The predicted molar refractivity (Wildman–Crippen MR) is 85.3 cm³/mol. The molecule has 0 spiro atoms. The van der Waals surface area contributed by atoms with Gasteiger partial charge < -0.3 is 10.6 Å². The predicted octanol–water partition coefficient (Wildman–Crippen LogP) is 0.836. The lowest BCUT2D eigenvalue weighted by atomic mass is 10.1. The molecule has 1 aromatic rings.